The number of piperazine rings is 1. The maximum atomic E-state index is 13.4. The van der Waals surface area contributed by atoms with Gasteiger partial charge >= 0.3 is 0 Å². The van der Waals surface area contributed by atoms with E-state index in [9.17, 15) is 14.9 Å². The molecule has 190 valence electrons. The Bertz CT molecular complexity index is 1080. The molecule has 1 aromatic heterocycles. The van der Waals surface area contributed by atoms with Crippen molar-refractivity contribution in [1.82, 2.24) is 14.4 Å². The van der Waals surface area contributed by atoms with E-state index in [0.717, 1.165) is 76.2 Å². The molecule has 9 heteroatoms. The van der Waals surface area contributed by atoms with Gasteiger partial charge < -0.3 is 9.80 Å². The minimum Gasteiger partial charge on any atom is -0.355 e. The Morgan fingerprint density at radius 3 is 2.31 bits per heavy atom. The summed E-state index contributed by atoms with van der Waals surface area (Å²) in [5.41, 5.74) is 1.34. The van der Waals surface area contributed by atoms with Crippen molar-refractivity contribution in [1.29, 1.82) is 5.26 Å². The molecule has 1 amide bonds. The van der Waals surface area contributed by atoms with E-state index < -0.39 is 0 Å². The smallest absolute Gasteiger partial charge is 0.270 e. The van der Waals surface area contributed by atoms with Crippen LogP contribution in [0.1, 0.15) is 69.6 Å². The van der Waals surface area contributed by atoms with Gasteiger partial charge in [0.05, 0.1) is 4.91 Å². The van der Waals surface area contributed by atoms with Gasteiger partial charge in [-0.15, -0.1) is 0 Å². The zero-order chi connectivity index (χ0) is 25.5. The third-order valence-electron chi connectivity index (χ3n) is 6.84. The third-order valence-corrected chi connectivity index (χ3v) is 8.21. The average molecular weight is 516 g/mol. The normalized spacial score (nSPS) is 18.1. The highest BCUT2D eigenvalue weighted by molar-refractivity contribution is 8.26. The molecule has 0 atom stereocenters. The van der Waals surface area contributed by atoms with Gasteiger partial charge in [0.25, 0.3) is 11.5 Å². The Morgan fingerprint density at radius 1 is 1.03 bits per heavy atom. The molecule has 2 aliphatic rings. The van der Waals surface area contributed by atoms with Gasteiger partial charge in [0, 0.05) is 44.8 Å². The topological polar surface area (TPSA) is 72.6 Å². The first-order chi connectivity index (χ1) is 16.9. The Kier molecular flexibility index (Phi) is 9.96. The number of pyridine rings is 1. The molecule has 0 N–H and O–H groups in total. The highest BCUT2D eigenvalue weighted by Gasteiger charge is 2.33. The van der Waals surface area contributed by atoms with Gasteiger partial charge in [-0.2, -0.15) is 5.26 Å². The molecule has 2 aliphatic heterocycles. The van der Waals surface area contributed by atoms with E-state index in [-0.39, 0.29) is 17.0 Å². The first-order valence-corrected chi connectivity index (χ1v) is 14.0. The number of rotatable bonds is 10. The zero-order valence-electron chi connectivity index (χ0n) is 21.4. The van der Waals surface area contributed by atoms with Crippen molar-refractivity contribution in [3.8, 4) is 6.07 Å². The predicted molar refractivity (Wildman–Crippen MR) is 149 cm³/mol. The highest BCUT2D eigenvalue weighted by atomic mass is 32.2. The Labute approximate surface area is 218 Å². The van der Waals surface area contributed by atoms with E-state index in [1.54, 1.807) is 9.47 Å². The number of unbranched alkanes of at least 4 members (excludes halogenated alkanes) is 3. The van der Waals surface area contributed by atoms with Gasteiger partial charge in [0.15, 0.2) is 0 Å². The summed E-state index contributed by atoms with van der Waals surface area (Å²) in [6.45, 7) is 13.8. The molecule has 0 aromatic carbocycles. The molecule has 1 aromatic rings. The second-order valence-electron chi connectivity index (χ2n) is 9.12. The number of nitrogens with zero attached hydrogens (tertiary/aromatic N) is 5. The predicted octanol–water partition coefficient (Wildman–Crippen LogP) is 4.36. The summed E-state index contributed by atoms with van der Waals surface area (Å²) in [5.74, 6) is 0.744. The maximum Gasteiger partial charge on any atom is 0.270 e. The van der Waals surface area contributed by atoms with Gasteiger partial charge in [0.2, 0.25) is 0 Å². The summed E-state index contributed by atoms with van der Waals surface area (Å²) in [4.78, 5) is 33.6. The van der Waals surface area contributed by atoms with Crippen molar-refractivity contribution in [3.63, 3.8) is 0 Å². The summed E-state index contributed by atoms with van der Waals surface area (Å²) in [6, 6.07) is 2.14. The zero-order valence-corrected chi connectivity index (χ0v) is 23.1. The van der Waals surface area contributed by atoms with E-state index >= 15 is 0 Å². The maximum absolute atomic E-state index is 13.4. The summed E-state index contributed by atoms with van der Waals surface area (Å²) in [6.07, 6.45) is 6.71. The van der Waals surface area contributed by atoms with Crippen molar-refractivity contribution in [2.75, 3.05) is 44.2 Å². The Balaban J connectivity index is 2.12. The van der Waals surface area contributed by atoms with Crippen LogP contribution in [0.15, 0.2) is 9.70 Å². The van der Waals surface area contributed by atoms with Crippen molar-refractivity contribution in [2.24, 2.45) is 0 Å². The summed E-state index contributed by atoms with van der Waals surface area (Å²) < 4.78 is 2.35. The molecule has 0 bridgehead atoms. The molecule has 2 saturated heterocycles. The summed E-state index contributed by atoms with van der Waals surface area (Å²) in [7, 11) is 0. The van der Waals surface area contributed by atoms with Crippen molar-refractivity contribution in [3.05, 3.63) is 31.9 Å². The van der Waals surface area contributed by atoms with Crippen molar-refractivity contribution in [2.45, 2.75) is 66.3 Å². The van der Waals surface area contributed by atoms with Gasteiger partial charge in [-0.1, -0.05) is 64.0 Å². The van der Waals surface area contributed by atoms with E-state index in [1.807, 2.05) is 13.0 Å². The number of amides is 1. The number of nitriles is 1. The number of hydrogen-bond donors (Lipinski definition) is 0. The second-order valence-corrected chi connectivity index (χ2v) is 10.8. The molecule has 7 nitrogen and oxygen atoms in total. The van der Waals surface area contributed by atoms with Crippen LogP contribution in [0.2, 0.25) is 0 Å². The van der Waals surface area contributed by atoms with Crippen LogP contribution in [-0.4, -0.2) is 63.9 Å². The first kappa shape index (κ1) is 27.4. The molecule has 0 radical (unpaired) electrons. The standard InChI is InChI=1S/C26H37N5O2S2/c1-5-8-10-12-31-25(33)22(35-26(31)34)17-20-19(4)21(18-27)24(32)30(11-9-6-2)23(20)29-15-13-28(7-3)14-16-29/h17H,5-16H2,1-4H3. The molecule has 0 aliphatic carbocycles. The van der Waals surface area contributed by atoms with Gasteiger partial charge in [-0.25, -0.2) is 0 Å². The van der Waals surface area contributed by atoms with Crippen LogP contribution in [-0.2, 0) is 11.3 Å². The van der Waals surface area contributed by atoms with Crippen LogP contribution in [0.25, 0.3) is 6.08 Å². The van der Waals surface area contributed by atoms with Crippen LogP contribution in [0.4, 0.5) is 5.82 Å². The fraction of sp³-hybridized carbons (Fsp3) is 0.615. The average Bonchev–Trinajstić information content (AvgIpc) is 3.12. The van der Waals surface area contributed by atoms with E-state index in [2.05, 4.69) is 36.6 Å². The lowest BCUT2D eigenvalue weighted by Crippen LogP contribution is -2.48. The van der Waals surface area contributed by atoms with Gasteiger partial charge in [-0.3, -0.25) is 19.1 Å². The van der Waals surface area contributed by atoms with Crippen LogP contribution in [0, 0.1) is 18.3 Å². The number of carbonyl (C=O) groups is 1. The third kappa shape index (κ3) is 5.99. The fourth-order valence-corrected chi connectivity index (χ4v) is 5.92. The number of hydrogen-bond acceptors (Lipinski definition) is 7. The molecule has 2 fully saturated rings. The van der Waals surface area contributed by atoms with E-state index in [4.69, 9.17) is 12.2 Å². The molecule has 35 heavy (non-hydrogen) atoms. The minimum absolute atomic E-state index is 0.0814. The van der Waals surface area contributed by atoms with Crippen LogP contribution in [0.5, 0.6) is 0 Å². The molecule has 3 heterocycles. The van der Waals surface area contributed by atoms with Crippen molar-refractivity contribution < 1.29 is 4.79 Å². The quantitative estimate of drug-likeness (QED) is 0.260. The molecule has 0 saturated carbocycles. The minimum atomic E-state index is -0.240. The Morgan fingerprint density at radius 2 is 1.71 bits per heavy atom. The van der Waals surface area contributed by atoms with Gasteiger partial charge in [-0.05, 0) is 37.9 Å². The number of likely N-dealkylation sites (N-methyl/N-ethyl adjacent to an activating group) is 1. The molecule has 0 unspecified atom stereocenters. The number of anilines is 1. The monoisotopic (exact) mass is 515 g/mol. The van der Waals surface area contributed by atoms with Crippen LogP contribution >= 0.6 is 24.0 Å². The lowest BCUT2D eigenvalue weighted by atomic mass is 10.0. The molecular weight excluding hydrogens is 478 g/mol. The molecular formula is C26H37N5O2S2. The van der Waals surface area contributed by atoms with Gasteiger partial charge in [0.1, 0.15) is 21.8 Å². The number of carbonyl (C=O) groups excluding carboxylic acids is 1. The lowest BCUT2D eigenvalue weighted by Gasteiger charge is -2.37. The summed E-state index contributed by atoms with van der Waals surface area (Å²) in [5, 5.41) is 9.85. The molecule has 0 spiro atoms. The highest BCUT2D eigenvalue weighted by Crippen LogP contribution is 2.36. The van der Waals surface area contributed by atoms with Crippen LogP contribution < -0.4 is 10.5 Å². The largest absolute Gasteiger partial charge is 0.355 e. The van der Waals surface area contributed by atoms with Crippen molar-refractivity contribution >= 4 is 46.1 Å². The van der Waals surface area contributed by atoms with E-state index in [1.165, 1.54) is 11.8 Å². The van der Waals surface area contributed by atoms with Crippen LogP contribution in [0.3, 0.4) is 0 Å². The fourth-order valence-electron chi connectivity index (χ4n) is 4.63. The van der Waals surface area contributed by atoms with E-state index in [0.29, 0.717) is 27.9 Å². The molecule has 3 rings (SSSR count). The number of thiocarbonyl (C=S) groups is 1. The number of thioether (sulfide) groups is 1. The second kappa shape index (κ2) is 12.7. The first-order valence-electron chi connectivity index (χ1n) is 12.8. The SMILES string of the molecule is CCCCCN1C(=O)C(=Cc2c(C)c(C#N)c(=O)n(CCCC)c2N2CCN(CC)CC2)SC1=S. The summed E-state index contributed by atoms with van der Waals surface area (Å²) >= 11 is 6.85. The number of aromatic nitrogens is 1. The lowest BCUT2D eigenvalue weighted by molar-refractivity contribution is -0.122. The Hall–Kier alpha value is -2.15.